The van der Waals surface area contributed by atoms with Gasteiger partial charge >= 0.3 is 0 Å². The van der Waals surface area contributed by atoms with Crippen molar-refractivity contribution in [2.45, 2.75) is 12.8 Å². The minimum absolute atomic E-state index is 0.431. The van der Waals surface area contributed by atoms with Crippen LogP contribution in [0, 0.1) is 11.6 Å². The van der Waals surface area contributed by atoms with Gasteiger partial charge in [-0.05, 0) is 25.0 Å². The normalized spacial score (nSPS) is 15.7. The number of carbonyl (C=O) groups is 1. The van der Waals surface area contributed by atoms with Gasteiger partial charge in [-0.1, -0.05) is 6.07 Å². The Morgan fingerprint density at radius 2 is 1.67 bits per heavy atom. The summed E-state index contributed by atoms with van der Waals surface area (Å²) in [6, 6.07) is 3.46. The van der Waals surface area contributed by atoms with Gasteiger partial charge in [-0.25, -0.2) is 8.78 Å². The summed E-state index contributed by atoms with van der Waals surface area (Å²) in [5.41, 5.74) is -0.431. The molecule has 0 unspecified atom stereocenters. The Morgan fingerprint density at radius 3 is 2.20 bits per heavy atom. The summed E-state index contributed by atoms with van der Waals surface area (Å²) in [5.74, 6) is -2.11. The van der Waals surface area contributed by atoms with Gasteiger partial charge in [0.05, 0.1) is 0 Å². The van der Waals surface area contributed by atoms with Crippen LogP contribution in [-0.4, -0.2) is 23.9 Å². The molecule has 2 nitrogen and oxygen atoms in total. The first-order valence-electron chi connectivity index (χ1n) is 4.93. The largest absolute Gasteiger partial charge is 0.338 e. The standard InChI is InChI=1S/C11H11F2NO/c12-8-4-3-5-9(13)10(8)11(15)14-6-1-2-7-14/h3-5H,1-2,6-7H2. The van der Waals surface area contributed by atoms with Gasteiger partial charge in [0.25, 0.3) is 5.91 Å². The maximum atomic E-state index is 13.3. The van der Waals surface area contributed by atoms with Gasteiger partial charge in [0.15, 0.2) is 0 Å². The van der Waals surface area contributed by atoms with E-state index in [4.69, 9.17) is 0 Å². The molecule has 0 aromatic heterocycles. The Labute approximate surface area is 86.5 Å². The van der Waals surface area contributed by atoms with Crippen LogP contribution in [0.1, 0.15) is 23.2 Å². The van der Waals surface area contributed by atoms with Gasteiger partial charge in [0.2, 0.25) is 0 Å². The van der Waals surface area contributed by atoms with Gasteiger partial charge < -0.3 is 4.90 Å². The van der Waals surface area contributed by atoms with E-state index in [0.29, 0.717) is 13.1 Å². The van der Waals surface area contributed by atoms with Gasteiger partial charge in [-0.15, -0.1) is 0 Å². The van der Waals surface area contributed by atoms with Crippen LogP contribution in [0.25, 0.3) is 0 Å². The van der Waals surface area contributed by atoms with Crippen LogP contribution in [0.3, 0.4) is 0 Å². The Bertz CT molecular complexity index is 366. The molecule has 1 aromatic rings. The number of benzene rings is 1. The average Bonchev–Trinajstić information content (AvgIpc) is 2.69. The highest BCUT2D eigenvalue weighted by atomic mass is 19.1. The van der Waals surface area contributed by atoms with Crippen LogP contribution in [0.2, 0.25) is 0 Å². The molecule has 1 fully saturated rings. The van der Waals surface area contributed by atoms with E-state index in [2.05, 4.69) is 0 Å². The van der Waals surface area contributed by atoms with Gasteiger partial charge in [-0.3, -0.25) is 4.79 Å². The highest BCUT2D eigenvalue weighted by Gasteiger charge is 2.24. The Morgan fingerprint density at radius 1 is 1.13 bits per heavy atom. The zero-order valence-electron chi connectivity index (χ0n) is 8.17. The molecule has 1 heterocycles. The molecule has 0 saturated carbocycles. The SMILES string of the molecule is O=C(c1c(F)cccc1F)N1CCCC1. The fourth-order valence-electron chi connectivity index (χ4n) is 1.78. The second kappa shape index (κ2) is 3.96. The first-order chi connectivity index (χ1) is 7.20. The van der Waals surface area contributed by atoms with E-state index in [0.717, 1.165) is 25.0 Å². The number of rotatable bonds is 1. The highest BCUT2D eigenvalue weighted by molar-refractivity contribution is 5.94. The summed E-state index contributed by atoms with van der Waals surface area (Å²) in [4.78, 5) is 13.2. The predicted octanol–water partition coefficient (Wildman–Crippen LogP) is 2.20. The lowest BCUT2D eigenvalue weighted by Crippen LogP contribution is -2.29. The molecular weight excluding hydrogens is 200 g/mol. The smallest absolute Gasteiger partial charge is 0.259 e. The summed E-state index contributed by atoms with van der Waals surface area (Å²) < 4.78 is 26.5. The molecule has 80 valence electrons. The van der Waals surface area contributed by atoms with Crippen molar-refractivity contribution in [3.63, 3.8) is 0 Å². The third kappa shape index (κ3) is 1.84. The third-order valence-corrected chi connectivity index (χ3v) is 2.57. The van der Waals surface area contributed by atoms with E-state index in [1.165, 1.54) is 11.0 Å². The number of carbonyl (C=O) groups excluding carboxylic acids is 1. The minimum Gasteiger partial charge on any atom is -0.338 e. The Kier molecular flexibility index (Phi) is 2.66. The number of nitrogens with zero attached hydrogens (tertiary/aromatic N) is 1. The van der Waals surface area contributed by atoms with Crippen LogP contribution in [0.5, 0.6) is 0 Å². The van der Waals surface area contributed by atoms with Crippen LogP contribution in [-0.2, 0) is 0 Å². The zero-order chi connectivity index (χ0) is 10.8. The lowest BCUT2D eigenvalue weighted by atomic mass is 10.1. The van der Waals surface area contributed by atoms with Crippen molar-refractivity contribution in [3.05, 3.63) is 35.4 Å². The van der Waals surface area contributed by atoms with E-state index in [1.807, 2.05) is 0 Å². The van der Waals surface area contributed by atoms with Crippen molar-refractivity contribution in [1.29, 1.82) is 0 Å². The maximum Gasteiger partial charge on any atom is 0.259 e. The van der Waals surface area contributed by atoms with Crippen LogP contribution < -0.4 is 0 Å². The molecule has 1 aromatic carbocycles. The molecular formula is C11H11F2NO. The zero-order valence-corrected chi connectivity index (χ0v) is 8.17. The van der Waals surface area contributed by atoms with Crippen LogP contribution in [0.15, 0.2) is 18.2 Å². The minimum atomic E-state index is -0.785. The molecule has 1 amide bonds. The van der Waals surface area contributed by atoms with Crippen molar-refractivity contribution in [2.24, 2.45) is 0 Å². The van der Waals surface area contributed by atoms with Crippen LogP contribution >= 0.6 is 0 Å². The molecule has 15 heavy (non-hydrogen) atoms. The maximum absolute atomic E-state index is 13.3. The third-order valence-electron chi connectivity index (χ3n) is 2.57. The molecule has 4 heteroatoms. The van der Waals surface area contributed by atoms with Gasteiger partial charge in [-0.2, -0.15) is 0 Å². The van der Waals surface area contributed by atoms with Crippen molar-refractivity contribution in [3.8, 4) is 0 Å². The Hall–Kier alpha value is -1.45. The molecule has 0 atom stereocenters. The van der Waals surface area contributed by atoms with E-state index in [1.54, 1.807) is 0 Å². The number of halogens is 2. The highest BCUT2D eigenvalue weighted by Crippen LogP contribution is 2.17. The first kappa shape index (κ1) is 10.1. The number of amides is 1. The summed E-state index contributed by atoms with van der Waals surface area (Å²) in [5, 5.41) is 0. The lowest BCUT2D eigenvalue weighted by molar-refractivity contribution is 0.0783. The number of likely N-dealkylation sites (tertiary alicyclic amines) is 1. The molecule has 2 rings (SSSR count). The molecule has 0 aliphatic carbocycles. The molecule has 1 aliphatic rings. The summed E-state index contributed by atoms with van der Waals surface area (Å²) in [6.45, 7) is 1.18. The van der Waals surface area contributed by atoms with E-state index in [9.17, 15) is 13.6 Å². The Balaban J connectivity index is 2.32. The summed E-state index contributed by atoms with van der Waals surface area (Å²) >= 11 is 0. The van der Waals surface area contributed by atoms with Crippen molar-refractivity contribution in [1.82, 2.24) is 4.90 Å². The topological polar surface area (TPSA) is 20.3 Å². The fourth-order valence-corrected chi connectivity index (χ4v) is 1.78. The van der Waals surface area contributed by atoms with E-state index >= 15 is 0 Å². The molecule has 1 saturated heterocycles. The predicted molar refractivity (Wildman–Crippen MR) is 51.5 cm³/mol. The van der Waals surface area contributed by atoms with Crippen LogP contribution in [0.4, 0.5) is 8.78 Å². The fraction of sp³-hybridized carbons (Fsp3) is 0.364. The molecule has 0 radical (unpaired) electrons. The van der Waals surface area contributed by atoms with Gasteiger partial charge in [0.1, 0.15) is 17.2 Å². The monoisotopic (exact) mass is 211 g/mol. The van der Waals surface area contributed by atoms with Gasteiger partial charge in [0, 0.05) is 13.1 Å². The molecule has 0 N–H and O–H groups in total. The molecule has 0 bridgehead atoms. The van der Waals surface area contributed by atoms with E-state index in [-0.39, 0.29) is 0 Å². The van der Waals surface area contributed by atoms with E-state index < -0.39 is 23.1 Å². The second-order valence-electron chi connectivity index (χ2n) is 3.60. The summed E-state index contributed by atoms with van der Waals surface area (Å²) in [6.07, 6.45) is 1.81. The lowest BCUT2D eigenvalue weighted by Gasteiger charge is -2.15. The quantitative estimate of drug-likeness (QED) is 0.697. The number of hydrogen-bond donors (Lipinski definition) is 0. The molecule has 1 aliphatic heterocycles. The van der Waals surface area contributed by atoms with Crippen molar-refractivity contribution < 1.29 is 13.6 Å². The van der Waals surface area contributed by atoms with Crippen molar-refractivity contribution in [2.75, 3.05) is 13.1 Å². The number of hydrogen-bond acceptors (Lipinski definition) is 1. The first-order valence-corrected chi connectivity index (χ1v) is 4.93. The second-order valence-corrected chi connectivity index (χ2v) is 3.60. The van der Waals surface area contributed by atoms with Crippen molar-refractivity contribution >= 4 is 5.91 Å². The average molecular weight is 211 g/mol. The summed E-state index contributed by atoms with van der Waals surface area (Å²) in [7, 11) is 0. The molecule has 0 spiro atoms.